The lowest BCUT2D eigenvalue weighted by atomic mass is 10.0. The van der Waals surface area contributed by atoms with Crippen molar-refractivity contribution in [1.82, 2.24) is 19.7 Å². The van der Waals surface area contributed by atoms with Crippen LogP contribution in [-0.2, 0) is 20.8 Å². The van der Waals surface area contributed by atoms with Crippen LogP contribution in [0.15, 0.2) is 35.3 Å². The van der Waals surface area contributed by atoms with E-state index in [1.54, 1.807) is 10.8 Å². The van der Waals surface area contributed by atoms with Crippen LogP contribution in [0.3, 0.4) is 0 Å². The molecule has 0 aliphatic carbocycles. The number of likely N-dealkylation sites (tertiary alicyclic amines) is 1. The molecule has 2 saturated heterocycles. The van der Waals surface area contributed by atoms with E-state index in [0.717, 1.165) is 16.3 Å². The van der Waals surface area contributed by atoms with Crippen molar-refractivity contribution in [3.8, 4) is 0 Å². The minimum Gasteiger partial charge on any atom is -0.347 e. The fourth-order valence-electron chi connectivity index (χ4n) is 4.20. The molecule has 2 aliphatic rings. The van der Waals surface area contributed by atoms with Gasteiger partial charge in [-0.25, -0.2) is 5.10 Å². The van der Waals surface area contributed by atoms with Gasteiger partial charge < -0.3 is 18.9 Å². The largest absolute Gasteiger partial charge is 0.347 e. The van der Waals surface area contributed by atoms with Crippen LogP contribution in [0.1, 0.15) is 12.8 Å². The number of aromatic nitrogens is 3. The summed E-state index contributed by atoms with van der Waals surface area (Å²) in [6, 6.07) is 7.69. The van der Waals surface area contributed by atoms with Gasteiger partial charge in [-0.05, 0) is 6.07 Å². The highest BCUT2D eigenvalue weighted by atomic mass is 16.7. The van der Waals surface area contributed by atoms with Crippen LogP contribution in [0.5, 0.6) is 0 Å². The van der Waals surface area contributed by atoms with Crippen LogP contribution in [-0.4, -0.2) is 57.7 Å². The number of rotatable bonds is 2. The first-order valence-corrected chi connectivity index (χ1v) is 9.17. The Labute approximate surface area is 154 Å². The Balaban J connectivity index is 1.46. The second kappa shape index (κ2) is 6.17. The summed E-state index contributed by atoms with van der Waals surface area (Å²) in [6.45, 7) is 2.53. The Morgan fingerprint density at radius 1 is 1.15 bits per heavy atom. The molecule has 3 aromatic rings. The molecule has 0 radical (unpaired) electrons. The van der Waals surface area contributed by atoms with Crippen LogP contribution in [0.25, 0.3) is 21.8 Å². The highest BCUT2D eigenvalue weighted by Crippen LogP contribution is 2.32. The third-order valence-electron chi connectivity index (χ3n) is 5.57. The summed E-state index contributed by atoms with van der Waals surface area (Å²) in [6.07, 6.45) is 2.99. The number of para-hydroxylation sites is 1. The van der Waals surface area contributed by atoms with E-state index in [1.165, 1.54) is 0 Å². The number of nitrogens with one attached hydrogen (secondary N) is 1. The average molecular weight is 368 g/mol. The molecule has 0 bridgehead atoms. The number of nitrogens with zero attached hydrogens (tertiary/aromatic N) is 3. The van der Waals surface area contributed by atoms with Crippen molar-refractivity contribution >= 4 is 27.7 Å². The summed E-state index contributed by atoms with van der Waals surface area (Å²) in [7, 11) is 0. The lowest BCUT2D eigenvalue weighted by molar-refractivity contribution is -0.187. The SMILES string of the molecule is O=C(Cn1c2ccccc2c2cn[nH]c(=O)c21)N1CCC2(CC1)OCCO2. The van der Waals surface area contributed by atoms with Crippen molar-refractivity contribution in [2.45, 2.75) is 25.2 Å². The summed E-state index contributed by atoms with van der Waals surface area (Å²) >= 11 is 0. The topological polar surface area (TPSA) is 89.5 Å². The summed E-state index contributed by atoms with van der Waals surface area (Å²) in [5, 5.41) is 8.07. The molecule has 1 N–H and O–H groups in total. The van der Waals surface area contributed by atoms with Crippen LogP contribution < -0.4 is 5.56 Å². The third kappa shape index (κ3) is 2.64. The minimum absolute atomic E-state index is 0.0123. The van der Waals surface area contributed by atoms with Crippen molar-refractivity contribution in [3.05, 3.63) is 40.8 Å². The quantitative estimate of drug-likeness (QED) is 0.735. The number of benzene rings is 1. The second-order valence-corrected chi connectivity index (χ2v) is 7.05. The first-order valence-electron chi connectivity index (χ1n) is 9.17. The van der Waals surface area contributed by atoms with E-state index in [4.69, 9.17) is 9.47 Å². The van der Waals surface area contributed by atoms with E-state index in [9.17, 15) is 9.59 Å². The summed E-state index contributed by atoms with van der Waals surface area (Å²) < 4.78 is 13.2. The van der Waals surface area contributed by atoms with Gasteiger partial charge in [-0.2, -0.15) is 5.10 Å². The first-order chi connectivity index (χ1) is 13.2. The number of aromatic amines is 1. The monoisotopic (exact) mass is 368 g/mol. The molecule has 0 atom stereocenters. The highest BCUT2D eigenvalue weighted by molar-refractivity contribution is 6.07. The highest BCUT2D eigenvalue weighted by Gasteiger charge is 2.40. The van der Waals surface area contributed by atoms with Gasteiger partial charge in [-0.15, -0.1) is 0 Å². The maximum atomic E-state index is 13.0. The maximum Gasteiger partial charge on any atom is 0.288 e. The Morgan fingerprint density at radius 3 is 2.67 bits per heavy atom. The summed E-state index contributed by atoms with van der Waals surface area (Å²) in [4.78, 5) is 27.2. The van der Waals surface area contributed by atoms with Gasteiger partial charge in [0.15, 0.2) is 5.79 Å². The standard InChI is InChI=1S/C19H20N4O4/c24-16(22-7-5-19(6-8-22)26-9-10-27-19)12-23-15-4-2-1-3-13(15)14-11-20-21-18(25)17(14)23/h1-4,11H,5-10,12H2,(H,21,25). The van der Waals surface area contributed by atoms with E-state index in [1.807, 2.05) is 29.2 Å². The molecule has 8 nitrogen and oxygen atoms in total. The van der Waals surface area contributed by atoms with Gasteiger partial charge in [0.2, 0.25) is 5.91 Å². The van der Waals surface area contributed by atoms with E-state index in [0.29, 0.717) is 44.7 Å². The zero-order valence-electron chi connectivity index (χ0n) is 14.8. The second-order valence-electron chi connectivity index (χ2n) is 7.05. The molecule has 8 heteroatoms. The molecular weight excluding hydrogens is 348 g/mol. The molecular formula is C19H20N4O4. The van der Waals surface area contributed by atoms with E-state index in [-0.39, 0.29) is 18.0 Å². The normalized spacial score (nSPS) is 19.3. The number of H-pyrrole nitrogens is 1. The Kier molecular flexibility index (Phi) is 3.76. The Hall–Kier alpha value is -2.71. The number of ether oxygens (including phenoxy) is 2. The number of piperidine rings is 1. The zero-order valence-corrected chi connectivity index (χ0v) is 14.8. The number of carbonyl (C=O) groups is 1. The molecule has 27 heavy (non-hydrogen) atoms. The number of carbonyl (C=O) groups excluding carboxylic acids is 1. The van der Waals surface area contributed by atoms with Crippen molar-refractivity contribution in [2.24, 2.45) is 0 Å². The van der Waals surface area contributed by atoms with Gasteiger partial charge in [0.05, 0.1) is 19.4 Å². The van der Waals surface area contributed by atoms with Crippen molar-refractivity contribution in [2.75, 3.05) is 26.3 Å². The van der Waals surface area contributed by atoms with E-state index in [2.05, 4.69) is 10.2 Å². The molecule has 1 aromatic carbocycles. The lowest BCUT2D eigenvalue weighted by Gasteiger charge is -2.37. The first kappa shape index (κ1) is 16.5. The minimum atomic E-state index is -0.507. The third-order valence-corrected chi connectivity index (χ3v) is 5.57. The Morgan fingerprint density at radius 2 is 1.89 bits per heavy atom. The van der Waals surface area contributed by atoms with E-state index < -0.39 is 5.79 Å². The predicted octanol–water partition coefficient (Wildman–Crippen LogP) is 1.24. The lowest BCUT2D eigenvalue weighted by Crippen LogP contribution is -2.48. The average Bonchev–Trinajstić information content (AvgIpc) is 3.27. The van der Waals surface area contributed by atoms with Gasteiger partial charge in [0.25, 0.3) is 5.56 Å². The van der Waals surface area contributed by atoms with Gasteiger partial charge >= 0.3 is 0 Å². The van der Waals surface area contributed by atoms with Crippen molar-refractivity contribution < 1.29 is 14.3 Å². The summed E-state index contributed by atoms with van der Waals surface area (Å²) in [5.74, 6) is -0.520. The molecule has 1 amide bonds. The van der Waals surface area contributed by atoms with Crippen LogP contribution in [0.2, 0.25) is 0 Å². The number of amides is 1. The molecule has 140 valence electrons. The van der Waals surface area contributed by atoms with Crippen molar-refractivity contribution in [1.29, 1.82) is 0 Å². The van der Waals surface area contributed by atoms with Gasteiger partial charge in [-0.1, -0.05) is 18.2 Å². The molecule has 2 fully saturated rings. The fourth-order valence-corrected chi connectivity index (χ4v) is 4.20. The smallest absolute Gasteiger partial charge is 0.288 e. The fraction of sp³-hybridized carbons (Fsp3) is 0.421. The van der Waals surface area contributed by atoms with Gasteiger partial charge in [0, 0.05) is 42.2 Å². The predicted molar refractivity (Wildman–Crippen MR) is 98.3 cm³/mol. The van der Waals surface area contributed by atoms with Gasteiger partial charge in [-0.3, -0.25) is 9.59 Å². The van der Waals surface area contributed by atoms with Gasteiger partial charge in [0.1, 0.15) is 12.1 Å². The molecule has 0 unspecified atom stereocenters. The molecule has 2 aromatic heterocycles. The van der Waals surface area contributed by atoms with Crippen LogP contribution in [0.4, 0.5) is 0 Å². The molecule has 5 rings (SSSR count). The zero-order chi connectivity index (χ0) is 18.4. The number of hydrogen-bond acceptors (Lipinski definition) is 5. The maximum absolute atomic E-state index is 13.0. The number of hydrogen-bond donors (Lipinski definition) is 1. The molecule has 0 saturated carbocycles. The van der Waals surface area contributed by atoms with Crippen LogP contribution in [0, 0.1) is 0 Å². The molecule has 2 aliphatic heterocycles. The molecule has 1 spiro atoms. The van der Waals surface area contributed by atoms with Crippen LogP contribution >= 0.6 is 0 Å². The number of fused-ring (bicyclic) bond motifs is 3. The summed E-state index contributed by atoms with van der Waals surface area (Å²) in [5.41, 5.74) is 1.05. The molecule has 4 heterocycles. The Bertz CT molecular complexity index is 1070. The van der Waals surface area contributed by atoms with E-state index >= 15 is 0 Å². The van der Waals surface area contributed by atoms with Crippen molar-refractivity contribution in [3.63, 3.8) is 0 Å².